The van der Waals surface area contributed by atoms with E-state index in [-0.39, 0.29) is 17.1 Å². The number of hydrogen-bond donors (Lipinski definition) is 2. The van der Waals surface area contributed by atoms with Crippen LogP contribution in [0.5, 0.6) is 0 Å². The third-order valence-corrected chi connectivity index (χ3v) is 3.40. The molecule has 0 unspecified atom stereocenters. The molecule has 10 nitrogen and oxygen atoms in total. The number of carbonyl (C=O) groups is 3. The van der Waals surface area contributed by atoms with E-state index in [4.69, 9.17) is 21.1 Å². The molecule has 0 saturated heterocycles. The lowest BCUT2D eigenvalue weighted by atomic mass is 10.1. The SMILES string of the molecule is COCCNC(=O)COC(=O)[C@H](C)NC(=O)c1ccc(Cl)c([N+](=O)[O-])c1. The quantitative estimate of drug-likeness (QED) is 0.275. The summed E-state index contributed by atoms with van der Waals surface area (Å²) in [5, 5.41) is 15.5. The number of nitro groups is 1. The molecule has 1 aromatic carbocycles. The number of nitrogens with one attached hydrogen (secondary N) is 2. The summed E-state index contributed by atoms with van der Waals surface area (Å²) < 4.78 is 9.53. The molecule has 2 N–H and O–H groups in total. The van der Waals surface area contributed by atoms with Crippen LogP contribution in [0.3, 0.4) is 0 Å². The minimum atomic E-state index is -1.07. The number of methoxy groups -OCH3 is 1. The second-order valence-electron chi connectivity index (χ2n) is 5.07. The summed E-state index contributed by atoms with van der Waals surface area (Å²) >= 11 is 5.68. The van der Waals surface area contributed by atoms with Crippen LogP contribution in [0, 0.1) is 10.1 Å². The Morgan fingerprint density at radius 2 is 2.04 bits per heavy atom. The van der Waals surface area contributed by atoms with E-state index in [1.54, 1.807) is 0 Å². The minimum Gasteiger partial charge on any atom is -0.454 e. The van der Waals surface area contributed by atoms with Crippen molar-refractivity contribution >= 4 is 35.1 Å². The highest BCUT2D eigenvalue weighted by Gasteiger charge is 2.21. The lowest BCUT2D eigenvalue weighted by molar-refractivity contribution is -0.384. The van der Waals surface area contributed by atoms with Crippen LogP contribution >= 0.6 is 11.6 Å². The van der Waals surface area contributed by atoms with Crippen molar-refractivity contribution < 1.29 is 28.8 Å². The third-order valence-electron chi connectivity index (χ3n) is 3.08. The van der Waals surface area contributed by atoms with Crippen LogP contribution in [0.4, 0.5) is 5.69 Å². The number of amides is 2. The molecule has 11 heteroatoms. The van der Waals surface area contributed by atoms with Crippen LogP contribution in [-0.2, 0) is 19.1 Å². The Morgan fingerprint density at radius 1 is 1.35 bits per heavy atom. The van der Waals surface area contributed by atoms with E-state index in [1.807, 2.05) is 0 Å². The second-order valence-corrected chi connectivity index (χ2v) is 5.48. The summed E-state index contributed by atoms with van der Waals surface area (Å²) in [6, 6.07) is 2.43. The highest BCUT2D eigenvalue weighted by Crippen LogP contribution is 2.25. The normalized spacial score (nSPS) is 11.3. The number of ether oxygens (including phenoxy) is 2. The first-order chi connectivity index (χ1) is 12.3. The number of benzene rings is 1. The molecule has 1 atom stereocenters. The Balaban J connectivity index is 2.56. The molecule has 0 spiro atoms. The smallest absolute Gasteiger partial charge is 0.328 e. The zero-order chi connectivity index (χ0) is 19.7. The van der Waals surface area contributed by atoms with Gasteiger partial charge in [-0.25, -0.2) is 4.79 Å². The minimum absolute atomic E-state index is 0.0435. The standard InChI is InChI=1S/C15H18ClN3O7/c1-9(15(22)26-8-13(20)17-5-6-25-2)18-14(21)10-3-4-11(16)12(7-10)19(23)24/h3-4,7,9H,5-6,8H2,1-2H3,(H,17,20)(H,18,21)/t9-/m0/s1. The van der Waals surface area contributed by atoms with Crippen molar-refractivity contribution in [2.24, 2.45) is 0 Å². The van der Waals surface area contributed by atoms with Gasteiger partial charge in [-0.2, -0.15) is 0 Å². The van der Waals surface area contributed by atoms with Crippen LogP contribution in [-0.4, -0.2) is 55.6 Å². The van der Waals surface area contributed by atoms with Gasteiger partial charge in [0.2, 0.25) is 0 Å². The molecular formula is C15H18ClN3O7. The Bertz CT molecular complexity index is 696. The van der Waals surface area contributed by atoms with Crippen molar-refractivity contribution in [1.29, 1.82) is 0 Å². The van der Waals surface area contributed by atoms with Crippen molar-refractivity contribution in [2.45, 2.75) is 13.0 Å². The predicted octanol–water partition coefficient (Wildman–Crippen LogP) is 0.672. The van der Waals surface area contributed by atoms with Crippen molar-refractivity contribution in [3.05, 3.63) is 38.9 Å². The zero-order valence-corrected chi connectivity index (χ0v) is 14.9. The van der Waals surface area contributed by atoms with Crippen molar-refractivity contribution in [3.8, 4) is 0 Å². The van der Waals surface area contributed by atoms with Crippen LogP contribution < -0.4 is 10.6 Å². The van der Waals surface area contributed by atoms with Gasteiger partial charge in [-0.1, -0.05) is 11.6 Å². The molecule has 0 aliphatic heterocycles. The summed E-state index contributed by atoms with van der Waals surface area (Å²) in [7, 11) is 1.48. The maximum atomic E-state index is 12.1. The molecule has 0 aliphatic carbocycles. The summed E-state index contributed by atoms with van der Waals surface area (Å²) in [6.45, 7) is 1.44. The summed E-state index contributed by atoms with van der Waals surface area (Å²) in [5.74, 6) is -2.07. The largest absolute Gasteiger partial charge is 0.454 e. The van der Waals surface area contributed by atoms with Gasteiger partial charge in [-0.05, 0) is 19.1 Å². The summed E-state index contributed by atoms with van der Waals surface area (Å²) in [5.41, 5.74) is -0.472. The van der Waals surface area contributed by atoms with Gasteiger partial charge in [0.15, 0.2) is 6.61 Å². The average Bonchev–Trinajstić information content (AvgIpc) is 2.59. The Morgan fingerprint density at radius 3 is 2.65 bits per heavy atom. The first-order valence-electron chi connectivity index (χ1n) is 7.43. The predicted molar refractivity (Wildman–Crippen MR) is 90.9 cm³/mol. The van der Waals surface area contributed by atoms with Crippen molar-refractivity contribution in [3.63, 3.8) is 0 Å². The van der Waals surface area contributed by atoms with Crippen LogP contribution in [0.25, 0.3) is 0 Å². The molecule has 0 radical (unpaired) electrons. The van der Waals surface area contributed by atoms with Gasteiger partial charge in [0.1, 0.15) is 11.1 Å². The Hall–Kier alpha value is -2.72. The summed E-state index contributed by atoms with van der Waals surface area (Å²) in [6.07, 6.45) is 0. The molecule has 0 aromatic heterocycles. The van der Waals surface area contributed by atoms with Crippen LogP contribution in [0.1, 0.15) is 17.3 Å². The van der Waals surface area contributed by atoms with E-state index in [2.05, 4.69) is 10.6 Å². The highest BCUT2D eigenvalue weighted by atomic mass is 35.5. The fourth-order valence-electron chi connectivity index (χ4n) is 1.74. The molecule has 142 valence electrons. The average molecular weight is 388 g/mol. The number of halogens is 1. The highest BCUT2D eigenvalue weighted by molar-refractivity contribution is 6.32. The monoisotopic (exact) mass is 387 g/mol. The second kappa shape index (κ2) is 10.3. The molecule has 2 amide bonds. The number of hydrogen-bond acceptors (Lipinski definition) is 7. The first kappa shape index (κ1) is 21.3. The van der Waals surface area contributed by atoms with E-state index in [9.17, 15) is 24.5 Å². The number of carbonyl (C=O) groups excluding carboxylic acids is 3. The molecule has 26 heavy (non-hydrogen) atoms. The number of esters is 1. The van der Waals surface area contributed by atoms with Gasteiger partial charge in [-0.15, -0.1) is 0 Å². The van der Waals surface area contributed by atoms with Gasteiger partial charge in [0.25, 0.3) is 17.5 Å². The molecular weight excluding hydrogens is 370 g/mol. The topological polar surface area (TPSA) is 137 Å². The number of nitro benzene ring substituents is 1. The fraction of sp³-hybridized carbons (Fsp3) is 0.400. The Labute approximate surface area is 153 Å². The van der Waals surface area contributed by atoms with Crippen molar-refractivity contribution in [1.82, 2.24) is 10.6 Å². The van der Waals surface area contributed by atoms with Crippen LogP contribution in [0.2, 0.25) is 5.02 Å². The van der Waals surface area contributed by atoms with Gasteiger partial charge < -0.3 is 20.1 Å². The Kier molecular flexibility index (Phi) is 8.46. The first-order valence-corrected chi connectivity index (χ1v) is 7.81. The molecule has 0 aliphatic rings. The van der Waals surface area contributed by atoms with E-state index in [0.29, 0.717) is 6.61 Å². The van der Waals surface area contributed by atoms with Gasteiger partial charge in [-0.3, -0.25) is 19.7 Å². The zero-order valence-electron chi connectivity index (χ0n) is 14.1. The third kappa shape index (κ3) is 6.65. The lowest BCUT2D eigenvalue weighted by Crippen LogP contribution is -2.41. The maximum absolute atomic E-state index is 12.1. The molecule has 0 bridgehead atoms. The number of rotatable bonds is 9. The maximum Gasteiger partial charge on any atom is 0.328 e. The van der Waals surface area contributed by atoms with E-state index in [0.717, 1.165) is 6.07 Å². The van der Waals surface area contributed by atoms with E-state index >= 15 is 0 Å². The molecule has 1 rings (SSSR count). The van der Waals surface area contributed by atoms with E-state index < -0.39 is 41.0 Å². The van der Waals surface area contributed by atoms with Crippen molar-refractivity contribution in [2.75, 3.05) is 26.9 Å². The molecule has 1 aromatic rings. The van der Waals surface area contributed by atoms with Crippen LogP contribution in [0.15, 0.2) is 18.2 Å². The molecule has 0 heterocycles. The van der Waals surface area contributed by atoms with Gasteiger partial charge in [0.05, 0.1) is 11.5 Å². The van der Waals surface area contributed by atoms with E-state index in [1.165, 1.54) is 26.2 Å². The van der Waals surface area contributed by atoms with Gasteiger partial charge >= 0.3 is 5.97 Å². The number of nitrogens with zero attached hydrogens (tertiary/aromatic N) is 1. The fourth-order valence-corrected chi connectivity index (χ4v) is 1.92. The summed E-state index contributed by atoms with van der Waals surface area (Å²) in [4.78, 5) is 45.4. The molecule has 0 fully saturated rings. The van der Waals surface area contributed by atoms with Gasteiger partial charge in [0, 0.05) is 25.3 Å². The molecule has 0 saturated carbocycles. The lowest BCUT2D eigenvalue weighted by Gasteiger charge is -2.13.